The number of hydrogen-bond acceptors (Lipinski definition) is 6. The first-order valence-electron chi connectivity index (χ1n) is 10.1. The summed E-state index contributed by atoms with van der Waals surface area (Å²) in [5.74, 6) is -0.635. The van der Waals surface area contributed by atoms with Gasteiger partial charge in [0, 0.05) is 29.2 Å². The van der Waals surface area contributed by atoms with E-state index in [1.165, 1.54) is 4.90 Å². The Morgan fingerprint density at radius 1 is 1.31 bits per heavy atom. The number of hydrogen-bond donors (Lipinski definition) is 2. The highest BCUT2D eigenvalue weighted by Gasteiger charge is 2.29. The highest BCUT2D eigenvalue weighted by Crippen LogP contribution is 2.25. The van der Waals surface area contributed by atoms with Gasteiger partial charge in [-0.15, -0.1) is 5.10 Å². The van der Waals surface area contributed by atoms with Crippen LogP contribution in [0.4, 0.5) is 0 Å². The zero-order chi connectivity index (χ0) is 22.7. The SMILES string of the molecule is CCN1C(=O)C(=Cc2cn(Cc3cn(CCOCC(N)=O)nn3)c3ccccc23)NC1=S. The molecule has 4 rings (SSSR count). The number of benzene rings is 1. The smallest absolute Gasteiger partial charge is 0.276 e. The third-order valence-corrected chi connectivity index (χ3v) is 5.35. The van der Waals surface area contributed by atoms with Gasteiger partial charge >= 0.3 is 0 Å². The van der Waals surface area contributed by atoms with Crippen LogP contribution in [0.2, 0.25) is 0 Å². The molecule has 0 spiro atoms. The second-order valence-electron chi connectivity index (χ2n) is 7.26. The topological polar surface area (TPSA) is 120 Å². The van der Waals surface area contributed by atoms with E-state index in [4.69, 9.17) is 22.7 Å². The molecule has 1 aromatic carbocycles. The maximum absolute atomic E-state index is 12.6. The van der Waals surface area contributed by atoms with Gasteiger partial charge in [0.15, 0.2) is 5.11 Å². The van der Waals surface area contributed by atoms with E-state index < -0.39 is 5.91 Å². The summed E-state index contributed by atoms with van der Waals surface area (Å²) in [6.45, 7) is 3.57. The number of rotatable bonds is 9. The van der Waals surface area contributed by atoms with E-state index in [9.17, 15) is 9.59 Å². The Bertz CT molecular complexity index is 1210. The summed E-state index contributed by atoms with van der Waals surface area (Å²) >= 11 is 5.25. The van der Waals surface area contributed by atoms with Crippen molar-refractivity contribution >= 4 is 46.1 Å². The lowest BCUT2D eigenvalue weighted by molar-refractivity contribution is -0.123. The van der Waals surface area contributed by atoms with Crippen molar-refractivity contribution in [2.24, 2.45) is 5.73 Å². The average Bonchev–Trinajstić information content (AvgIpc) is 3.43. The van der Waals surface area contributed by atoms with Crippen molar-refractivity contribution in [2.45, 2.75) is 20.0 Å². The number of primary amides is 1. The van der Waals surface area contributed by atoms with Crippen molar-refractivity contribution in [3.63, 3.8) is 0 Å². The Morgan fingerprint density at radius 3 is 2.88 bits per heavy atom. The van der Waals surface area contributed by atoms with Crippen molar-refractivity contribution in [1.82, 2.24) is 29.8 Å². The molecule has 0 aliphatic carbocycles. The molecule has 3 aromatic rings. The number of carbonyl (C=O) groups is 2. The second-order valence-corrected chi connectivity index (χ2v) is 7.65. The average molecular weight is 454 g/mol. The molecule has 3 heterocycles. The summed E-state index contributed by atoms with van der Waals surface area (Å²) in [5, 5.41) is 12.8. The van der Waals surface area contributed by atoms with Crippen LogP contribution in [0.15, 0.2) is 42.4 Å². The zero-order valence-corrected chi connectivity index (χ0v) is 18.3. The number of fused-ring (bicyclic) bond motifs is 1. The lowest BCUT2D eigenvalue weighted by Gasteiger charge is -2.08. The molecule has 10 nitrogen and oxygen atoms in total. The standard InChI is InChI=1S/C21H23N7O3S/c1-2-28-20(30)17(23-21(28)32)9-14-10-26(18-6-4-3-5-16(14)18)11-15-12-27(25-24-15)7-8-31-13-19(22)29/h3-6,9-10,12H,2,7-8,11,13H2,1H3,(H2,22,29)(H,23,32). The van der Waals surface area contributed by atoms with Gasteiger partial charge in [-0.2, -0.15) is 0 Å². The van der Waals surface area contributed by atoms with Gasteiger partial charge in [-0.3, -0.25) is 14.5 Å². The van der Waals surface area contributed by atoms with Gasteiger partial charge in [0.25, 0.3) is 5.91 Å². The van der Waals surface area contributed by atoms with Crippen molar-refractivity contribution in [2.75, 3.05) is 19.8 Å². The van der Waals surface area contributed by atoms with Gasteiger partial charge in [-0.05, 0) is 31.3 Å². The van der Waals surface area contributed by atoms with Crippen LogP contribution in [-0.4, -0.2) is 61.1 Å². The maximum atomic E-state index is 12.6. The molecule has 166 valence electrons. The fourth-order valence-corrected chi connectivity index (χ4v) is 3.88. The number of likely N-dealkylation sites (N-methyl/N-ethyl adjacent to an activating group) is 1. The molecule has 0 bridgehead atoms. The summed E-state index contributed by atoms with van der Waals surface area (Å²) < 4.78 is 8.89. The molecule has 1 saturated heterocycles. The van der Waals surface area contributed by atoms with E-state index >= 15 is 0 Å². The quantitative estimate of drug-likeness (QED) is 0.280. The van der Waals surface area contributed by atoms with Crippen LogP contribution in [0.3, 0.4) is 0 Å². The molecule has 3 N–H and O–H groups in total. The number of carbonyl (C=O) groups excluding carboxylic acids is 2. The largest absolute Gasteiger partial charge is 0.370 e. The molecule has 1 fully saturated rings. The van der Waals surface area contributed by atoms with Gasteiger partial charge in [0.2, 0.25) is 5.91 Å². The minimum atomic E-state index is -0.506. The molecule has 0 saturated carbocycles. The first-order chi connectivity index (χ1) is 15.5. The van der Waals surface area contributed by atoms with Crippen LogP contribution in [0.5, 0.6) is 0 Å². The van der Waals surface area contributed by atoms with Crippen LogP contribution in [0, 0.1) is 0 Å². The highest BCUT2D eigenvalue weighted by atomic mass is 32.1. The second kappa shape index (κ2) is 9.28. The Labute approximate surface area is 189 Å². The number of nitrogens with one attached hydrogen (secondary N) is 1. The third-order valence-electron chi connectivity index (χ3n) is 5.03. The molecule has 32 heavy (non-hydrogen) atoms. The van der Waals surface area contributed by atoms with Gasteiger partial charge < -0.3 is 20.4 Å². The van der Waals surface area contributed by atoms with E-state index in [2.05, 4.69) is 20.2 Å². The number of ether oxygens (including phenoxy) is 1. The van der Waals surface area contributed by atoms with Crippen molar-refractivity contribution in [3.8, 4) is 0 Å². The minimum Gasteiger partial charge on any atom is -0.370 e. The molecular formula is C21H23N7O3S. The summed E-state index contributed by atoms with van der Waals surface area (Å²) in [6.07, 6.45) is 5.65. The molecule has 11 heteroatoms. The van der Waals surface area contributed by atoms with Crippen LogP contribution < -0.4 is 11.1 Å². The molecule has 0 unspecified atom stereocenters. The van der Waals surface area contributed by atoms with Crippen molar-refractivity contribution in [3.05, 3.63) is 53.6 Å². The lowest BCUT2D eigenvalue weighted by atomic mass is 10.1. The Morgan fingerprint density at radius 2 is 2.12 bits per heavy atom. The zero-order valence-electron chi connectivity index (χ0n) is 17.5. The van der Waals surface area contributed by atoms with Gasteiger partial charge in [-0.1, -0.05) is 23.4 Å². The Hall–Kier alpha value is -3.57. The van der Waals surface area contributed by atoms with Crippen LogP contribution in [-0.2, 0) is 27.4 Å². The predicted molar refractivity (Wildman–Crippen MR) is 122 cm³/mol. The predicted octanol–water partition coefficient (Wildman–Crippen LogP) is 0.861. The minimum absolute atomic E-state index is 0.118. The number of thiocarbonyl (C=S) groups is 1. The van der Waals surface area contributed by atoms with E-state index in [-0.39, 0.29) is 12.5 Å². The van der Waals surface area contributed by atoms with Crippen LogP contribution in [0.1, 0.15) is 18.2 Å². The molecule has 0 radical (unpaired) electrons. The number of nitrogens with zero attached hydrogens (tertiary/aromatic N) is 5. The summed E-state index contributed by atoms with van der Waals surface area (Å²) in [5.41, 5.74) is 8.20. The van der Waals surface area contributed by atoms with Gasteiger partial charge in [0.1, 0.15) is 18.0 Å². The number of amides is 2. The fourth-order valence-electron chi connectivity index (χ4n) is 3.56. The molecule has 2 amide bonds. The third kappa shape index (κ3) is 4.53. The maximum Gasteiger partial charge on any atom is 0.276 e. The van der Waals surface area contributed by atoms with Gasteiger partial charge in [-0.25, -0.2) is 4.68 Å². The Kier molecular flexibility index (Phi) is 6.28. The summed E-state index contributed by atoms with van der Waals surface area (Å²) in [4.78, 5) is 24.8. The number of para-hydroxylation sites is 1. The van der Waals surface area contributed by atoms with Crippen LogP contribution in [0.25, 0.3) is 17.0 Å². The van der Waals surface area contributed by atoms with E-state index in [1.807, 2.05) is 49.7 Å². The van der Waals surface area contributed by atoms with Gasteiger partial charge in [0.05, 0.1) is 25.9 Å². The van der Waals surface area contributed by atoms with E-state index in [0.717, 1.165) is 22.2 Å². The van der Waals surface area contributed by atoms with E-state index in [0.29, 0.717) is 37.1 Å². The number of nitrogens with two attached hydrogens (primary N) is 1. The van der Waals surface area contributed by atoms with Crippen molar-refractivity contribution in [1.29, 1.82) is 0 Å². The molecule has 2 aromatic heterocycles. The first kappa shape index (κ1) is 21.7. The number of aromatic nitrogens is 4. The molecule has 0 atom stereocenters. The highest BCUT2D eigenvalue weighted by molar-refractivity contribution is 7.80. The van der Waals surface area contributed by atoms with Crippen molar-refractivity contribution < 1.29 is 14.3 Å². The normalized spacial score (nSPS) is 15.2. The lowest BCUT2D eigenvalue weighted by Crippen LogP contribution is -2.30. The van der Waals surface area contributed by atoms with Crippen LogP contribution >= 0.6 is 12.2 Å². The summed E-state index contributed by atoms with van der Waals surface area (Å²) in [6, 6.07) is 7.96. The molecular weight excluding hydrogens is 430 g/mol. The van der Waals surface area contributed by atoms with E-state index in [1.54, 1.807) is 4.68 Å². The molecule has 1 aliphatic heterocycles. The fraction of sp³-hybridized carbons (Fsp3) is 0.286. The summed E-state index contributed by atoms with van der Waals surface area (Å²) in [7, 11) is 0. The molecule has 1 aliphatic rings. The first-order valence-corrected chi connectivity index (χ1v) is 10.5. The Balaban J connectivity index is 1.54. The monoisotopic (exact) mass is 453 g/mol.